The first-order valence-electron chi connectivity index (χ1n) is 7.45. The Morgan fingerprint density at radius 3 is 2.48 bits per heavy atom. The molecule has 0 bridgehead atoms. The molecule has 1 amide bonds. The van der Waals surface area contributed by atoms with Crippen LogP contribution in [0, 0.1) is 0 Å². The summed E-state index contributed by atoms with van der Waals surface area (Å²) in [7, 11) is 1.59. The Morgan fingerprint density at radius 1 is 1.04 bits per heavy atom. The summed E-state index contributed by atoms with van der Waals surface area (Å²) in [6.07, 6.45) is -0.598. The minimum Gasteiger partial charge on any atom is -0.497 e. The van der Waals surface area contributed by atoms with Gasteiger partial charge in [-0.25, -0.2) is 0 Å². The van der Waals surface area contributed by atoms with Crippen molar-refractivity contribution in [2.24, 2.45) is 0 Å². The zero-order chi connectivity index (χ0) is 16.5. The molecule has 5 nitrogen and oxygen atoms in total. The van der Waals surface area contributed by atoms with Crippen molar-refractivity contribution >= 4 is 5.91 Å². The second kappa shape index (κ2) is 8.68. The SMILES string of the molecule is COc1cccc(O[C@H](C)C(=O)NCCOc2ccccc2)c1. The van der Waals surface area contributed by atoms with Crippen molar-refractivity contribution in [1.82, 2.24) is 5.32 Å². The summed E-state index contributed by atoms with van der Waals surface area (Å²) in [6.45, 7) is 2.52. The van der Waals surface area contributed by atoms with Gasteiger partial charge in [0.2, 0.25) is 0 Å². The maximum Gasteiger partial charge on any atom is 0.260 e. The maximum absolute atomic E-state index is 12.0. The summed E-state index contributed by atoms with van der Waals surface area (Å²) >= 11 is 0. The van der Waals surface area contributed by atoms with Crippen molar-refractivity contribution in [2.45, 2.75) is 13.0 Å². The third-order valence-electron chi connectivity index (χ3n) is 3.14. The molecule has 0 aromatic heterocycles. The Bertz CT molecular complexity index is 615. The molecule has 0 saturated carbocycles. The molecule has 1 atom stereocenters. The highest BCUT2D eigenvalue weighted by molar-refractivity contribution is 5.80. The zero-order valence-corrected chi connectivity index (χ0v) is 13.3. The van der Waals surface area contributed by atoms with E-state index < -0.39 is 6.10 Å². The van der Waals surface area contributed by atoms with Gasteiger partial charge in [-0.05, 0) is 31.2 Å². The molecule has 5 heteroatoms. The number of hydrogen-bond donors (Lipinski definition) is 1. The van der Waals surface area contributed by atoms with Crippen LogP contribution in [0.2, 0.25) is 0 Å². The van der Waals surface area contributed by atoms with Crippen molar-refractivity contribution in [1.29, 1.82) is 0 Å². The number of amides is 1. The summed E-state index contributed by atoms with van der Waals surface area (Å²) < 4.78 is 16.2. The number of ether oxygens (including phenoxy) is 3. The van der Waals surface area contributed by atoms with Crippen LogP contribution < -0.4 is 19.5 Å². The molecule has 2 aromatic rings. The Morgan fingerprint density at radius 2 is 1.74 bits per heavy atom. The zero-order valence-electron chi connectivity index (χ0n) is 13.3. The molecule has 0 saturated heterocycles. The Balaban J connectivity index is 1.72. The highest BCUT2D eigenvalue weighted by atomic mass is 16.5. The monoisotopic (exact) mass is 315 g/mol. The largest absolute Gasteiger partial charge is 0.497 e. The van der Waals surface area contributed by atoms with E-state index in [1.807, 2.05) is 42.5 Å². The molecular formula is C18H21NO4. The van der Waals surface area contributed by atoms with Gasteiger partial charge in [-0.3, -0.25) is 4.79 Å². The predicted molar refractivity (Wildman–Crippen MR) is 88.0 cm³/mol. The second-order valence-corrected chi connectivity index (χ2v) is 4.89. The minimum atomic E-state index is -0.598. The van der Waals surface area contributed by atoms with Crippen LogP contribution >= 0.6 is 0 Å². The third-order valence-corrected chi connectivity index (χ3v) is 3.14. The van der Waals surface area contributed by atoms with Gasteiger partial charge >= 0.3 is 0 Å². The highest BCUT2D eigenvalue weighted by Crippen LogP contribution is 2.19. The standard InChI is InChI=1S/C18H21NO4/c1-14(23-17-10-6-9-16(13-17)21-2)18(20)19-11-12-22-15-7-4-3-5-8-15/h3-10,13-14H,11-12H2,1-2H3,(H,19,20)/t14-/m1/s1. The van der Waals surface area contributed by atoms with Gasteiger partial charge in [0, 0.05) is 6.07 Å². The van der Waals surface area contributed by atoms with Crippen LogP contribution in [-0.4, -0.2) is 32.3 Å². The first kappa shape index (κ1) is 16.7. The lowest BCUT2D eigenvalue weighted by Gasteiger charge is -2.15. The number of nitrogens with one attached hydrogen (secondary N) is 1. The summed E-state index contributed by atoms with van der Waals surface area (Å²) in [5.74, 6) is 1.87. The highest BCUT2D eigenvalue weighted by Gasteiger charge is 2.14. The summed E-state index contributed by atoms with van der Waals surface area (Å²) in [5, 5.41) is 2.78. The number of carbonyl (C=O) groups excluding carboxylic acids is 1. The van der Waals surface area contributed by atoms with E-state index in [0.717, 1.165) is 5.75 Å². The van der Waals surface area contributed by atoms with E-state index >= 15 is 0 Å². The molecule has 2 rings (SSSR count). The normalized spacial score (nSPS) is 11.4. The van der Waals surface area contributed by atoms with Crippen LogP contribution in [0.3, 0.4) is 0 Å². The molecular weight excluding hydrogens is 294 g/mol. The Hall–Kier alpha value is -2.69. The molecule has 23 heavy (non-hydrogen) atoms. The van der Waals surface area contributed by atoms with Gasteiger partial charge in [0.25, 0.3) is 5.91 Å². The molecule has 0 radical (unpaired) electrons. The van der Waals surface area contributed by atoms with Crippen LogP contribution in [0.5, 0.6) is 17.2 Å². The van der Waals surface area contributed by atoms with Gasteiger partial charge in [0.1, 0.15) is 23.9 Å². The van der Waals surface area contributed by atoms with Gasteiger partial charge in [0.15, 0.2) is 6.10 Å². The van der Waals surface area contributed by atoms with Crippen LogP contribution in [-0.2, 0) is 4.79 Å². The lowest BCUT2D eigenvalue weighted by Crippen LogP contribution is -2.38. The number of benzene rings is 2. The van der Waals surface area contributed by atoms with Crippen LogP contribution in [0.4, 0.5) is 0 Å². The molecule has 0 aliphatic rings. The van der Waals surface area contributed by atoms with E-state index in [0.29, 0.717) is 24.7 Å². The van der Waals surface area contributed by atoms with Crippen molar-refractivity contribution in [3.8, 4) is 17.2 Å². The van der Waals surface area contributed by atoms with Crippen molar-refractivity contribution in [3.63, 3.8) is 0 Å². The number of hydrogen-bond acceptors (Lipinski definition) is 4. The fourth-order valence-electron chi connectivity index (χ4n) is 1.94. The van der Waals surface area contributed by atoms with E-state index in [2.05, 4.69) is 5.32 Å². The fraction of sp³-hybridized carbons (Fsp3) is 0.278. The van der Waals surface area contributed by atoms with E-state index in [-0.39, 0.29) is 5.91 Å². The quantitative estimate of drug-likeness (QED) is 0.761. The van der Waals surface area contributed by atoms with Crippen molar-refractivity contribution < 1.29 is 19.0 Å². The van der Waals surface area contributed by atoms with Crippen LogP contribution in [0.1, 0.15) is 6.92 Å². The van der Waals surface area contributed by atoms with Gasteiger partial charge in [-0.2, -0.15) is 0 Å². The summed E-state index contributed by atoms with van der Waals surface area (Å²) in [5.41, 5.74) is 0. The Kier molecular flexibility index (Phi) is 6.29. The van der Waals surface area contributed by atoms with E-state index in [4.69, 9.17) is 14.2 Å². The van der Waals surface area contributed by atoms with Crippen LogP contribution in [0.15, 0.2) is 54.6 Å². The molecule has 0 aliphatic heterocycles. The number of carbonyl (C=O) groups is 1. The molecule has 0 aliphatic carbocycles. The van der Waals surface area contributed by atoms with Gasteiger partial charge < -0.3 is 19.5 Å². The number of para-hydroxylation sites is 1. The van der Waals surface area contributed by atoms with Crippen molar-refractivity contribution in [2.75, 3.05) is 20.3 Å². The maximum atomic E-state index is 12.0. The third kappa shape index (κ3) is 5.54. The van der Waals surface area contributed by atoms with Gasteiger partial charge in [-0.1, -0.05) is 24.3 Å². The first-order valence-corrected chi connectivity index (χ1v) is 7.45. The molecule has 0 spiro atoms. The van der Waals surface area contributed by atoms with Gasteiger partial charge in [0.05, 0.1) is 13.7 Å². The lowest BCUT2D eigenvalue weighted by molar-refractivity contribution is -0.127. The van der Waals surface area contributed by atoms with Crippen LogP contribution in [0.25, 0.3) is 0 Å². The van der Waals surface area contributed by atoms with Crippen molar-refractivity contribution in [3.05, 3.63) is 54.6 Å². The smallest absolute Gasteiger partial charge is 0.260 e. The summed E-state index contributed by atoms with van der Waals surface area (Å²) in [4.78, 5) is 12.0. The molecule has 0 fully saturated rings. The lowest BCUT2D eigenvalue weighted by atomic mass is 10.3. The Labute approximate surface area is 136 Å². The molecule has 122 valence electrons. The average molecular weight is 315 g/mol. The summed E-state index contributed by atoms with van der Waals surface area (Å²) in [6, 6.07) is 16.6. The molecule has 0 unspecified atom stereocenters. The number of rotatable bonds is 8. The van der Waals surface area contributed by atoms with Gasteiger partial charge in [-0.15, -0.1) is 0 Å². The predicted octanol–water partition coefficient (Wildman–Crippen LogP) is 2.66. The second-order valence-electron chi connectivity index (χ2n) is 4.89. The van der Waals surface area contributed by atoms with E-state index in [9.17, 15) is 4.79 Å². The fourth-order valence-corrected chi connectivity index (χ4v) is 1.94. The number of methoxy groups -OCH3 is 1. The average Bonchev–Trinajstić information content (AvgIpc) is 2.59. The molecule has 1 N–H and O–H groups in total. The van der Waals surface area contributed by atoms with E-state index in [1.165, 1.54) is 0 Å². The topological polar surface area (TPSA) is 56.8 Å². The first-order chi connectivity index (χ1) is 11.2. The minimum absolute atomic E-state index is 0.190. The molecule has 0 heterocycles. The molecule has 2 aromatic carbocycles. The van der Waals surface area contributed by atoms with E-state index in [1.54, 1.807) is 26.2 Å².